The number of carbonyl (C=O) groups is 1. The first-order valence-corrected chi connectivity index (χ1v) is 4.58. The van der Waals surface area contributed by atoms with Gasteiger partial charge in [0.05, 0.1) is 6.61 Å². The van der Waals surface area contributed by atoms with Gasteiger partial charge < -0.3 is 10.1 Å². The molecule has 0 aromatic heterocycles. The molecular weight excluding hydrogens is 154 g/mol. The maximum atomic E-state index is 10.7. The van der Waals surface area contributed by atoms with Crippen LogP contribution < -0.4 is 5.32 Å². The summed E-state index contributed by atoms with van der Waals surface area (Å²) in [6.07, 6.45) is 1.63. The second-order valence-electron chi connectivity index (χ2n) is 2.66. The van der Waals surface area contributed by atoms with Gasteiger partial charge in [-0.15, -0.1) is 0 Å². The Morgan fingerprint density at radius 1 is 1.58 bits per heavy atom. The first-order chi connectivity index (χ1) is 5.83. The third-order valence-corrected chi connectivity index (χ3v) is 1.77. The zero-order chi connectivity index (χ0) is 9.40. The zero-order valence-corrected chi connectivity index (χ0v) is 8.22. The molecule has 1 heterocycles. The summed E-state index contributed by atoms with van der Waals surface area (Å²) in [5.74, 6) is 0.704. The number of hydrogen-bond acceptors (Lipinski definition) is 2. The maximum absolute atomic E-state index is 10.7. The minimum Gasteiger partial charge on any atom is -0.384 e. The summed E-state index contributed by atoms with van der Waals surface area (Å²) in [6.45, 7) is 5.55. The van der Waals surface area contributed by atoms with Crippen molar-refractivity contribution in [1.82, 2.24) is 5.32 Å². The van der Waals surface area contributed by atoms with Crippen LogP contribution in [0.2, 0.25) is 0 Å². The van der Waals surface area contributed by atoms with E-state index in [2.05, 4.69) is 5.32 Å². The molecule has 0 aromatic rings. The molecular formula is C9H19NO2. The normalized spacial score (nSPS) is 22.2. The fourth-order valence-electron chi connectivity index (χ4n) is 1.16. The van der Waals surface area contributed by atoms with Crippen molar-refractivity contribution in [1.29, 1.82) is 0 Å². The van der Waals surface area contributed by atoms with Gasteiger partial charge in [0.15, 0.2) is 0 Å². The minimum absolute atomic E-state index is 0.173. The predicted octanol–water partition coefficient (Wildman–Crippen LogP) is 1.19. The minimum atomic E-state index is 0.173. The second-order valence-corrected chi connectivity index (χ2v) is 2.66. The molecule has 1 aliphatic heterocycles. The third-order valence-electron chi connectivity index (χ3n) is 1.77. The fourth-order valence-corrected chi connectivity index (χ4v) is 1.16. The van der Waals surface area contributed by atoms with Crippen LogP contribution in [-0.4, -0.2) is 26.2 Å². The largest absolute Gasteiger partial charge is 0.384 e. The summed E-state index contributed by atoms with van der Waals surface area (Å²) in [4.78, 5) is 10.7. The van der Waals surface area contributed by atoms with E-state index in [0.29, 0.717) is 12.3 Å². The molecule has 1 N–H and O–H groups in total. The Morgan fingerprint density at radius 3 is 2.67 bits per heavy atom. The highest BCUT2D eigenvalue weighted by Gasteiger charge is 2.16. The van der Waals surface area contributed by atoms with Crippen LogP contribution in [0.3, 0.4) is 0 Å². The fraction of sp³-hybridized carbons (Fsp3) is 0.889. The van der Waals surface area contributed by atoms with Crippen LogP contribution in [0.4, 0.5) is 0 Å². The molecule has 72 valence electrons. The maximum Gasteiger partial charge on any atom is 0.220 e. The lowest BCUT2D eigenvalue weighted by Crippen LogP contribution is -2.36. The van der Waals surface area contributed by atoms with E-state index >= 15 is 0 Å². The molecule has 0 aromatic carbocycles. The van der Waals surface area contributed by atoms with Crippen molar-refractivity contribution in [3.8, 4) is 0 Å². The van der Waals surface area contributed by atoms with E-state index in [-0.39, 0.29) is 5.91 Å². The SMILES string of the molecule is CC.COCC1CCC(=O)NC1. The van der Waals surface area contributed by atoms with Crippen molar-refractivity contribution >= 4 is 5.91 Å². The van der Waals surface area contributed by atoms with Crippen molar-refractivity contribution < 1.29 is 9.53 Å². The summed E-state index contributed by atoms with van der Waals surface area (Å²) >= 11 is 0. The van der Waals surface area contributed by atoms with E-state index < -0.39 is 0 Å². The molecule has 1 atom stereocenters. The van der Waals surface area contributed by atoms with Crippen LogP contribution in [0.1, 0.15) is 26.7 Å². The molecule has 0 spiro atoms. The third kappa shape index (κ3) is 4.34. The Hall–Kier alpha value is -0.570. The van der Waals surface area contributed by atoms with Crippen LogP contribution in [0, 0.1) is 5.92 Å². The molecule has 0 radical (unpaired) electrons. The monoisotopic (exact) mass is 173 g/mol. The molecule has 1 amide bonds. The highest BCUT2D eigenvalue weighted by molar-refractivity contribution is 5.76. The Balaban J connectivity index is 0.000000561. The molecule has 3 heteroatoms. The number of hydrogen-bond donors (Lipinski definition) is 1. The Kier molecular flexibility index (Phi) is 6.76. The van der Waals surface area contributed by atoms with Gasteiger partial charge in [0.2, 0.25) is 5.91 Å². The van der Waals surface area contributed by atoms with Gasteiger partial charge in [-0.3, -0.25) is 4.79 Å². The van der Waals surface area contributed by atoms with Crippen LogP contribution >= 0.6 is 0 Å². The lowest BCUT2D eigenvalue weighted by Gasteiger charge is -2.20. The first kappa shape index (κ1) is 11.4. The standard InChI is InChI=1S/C7H13NO2.C2H6/c1-10-5-6-2-3-7(9)8-4-6;1-2/h6H,2-5H2,1H3,(H,8,9);1-2H3. The van der Waals surface area contributed by atoms with Crippen LogP contribution in [0.5, 0.6) is 0 Å². The van der Waals surface area contributed by atoms with Crippen LogP contribution in [0.25, 0.3) is 0 Å². The van der Waals surface area contributed by atoms with Crippen LogP contribution in [-0.2, 0) is 9.53 Å². The predicted molar refractivity (Wildman–Crippen MR) is 49.0 cm³/mol. The van der Waals surface area contributed by atoms with Gasteiger partial charge in [0.1, 0.15) is 0 Å². The Morgan fingerprint density at radius 2 is 2.25 bits per heavy atom. The Bertz CT molecular complexity index is 116. The smallest absolute Gasteiger partial charge is 0.220 e. The lowest BCUT2D eigenvalue weighted by atomic mass is 10.0. The molecule has 1 rings (SSSR count). The van der Waals surface area contributed by atoms with E-state index in [1.807, 2.05) is 13.8 Å². The van der Waals surface area contributed by atoms with Gasteiger partial charge in [0, 0.05) is 26.0 Å². The summed E-state index contributed by atoms with van der Waals surface area (Å²) < 4.78 is 4.97. The van der Waals surface area contributed by atoms with Crippen molar-refractivity contribution in [2.24, 2.45) is 5.92 Å². The molecule has 1 aliphatic rings. The number of carbonyl (C=O) groups excluding carboxylic acids is 1. The van der Waals surface area contributed by atoms with Crippen molar-refractivity contribution in [3.05, 3.63) is 0 Å². The van der Waals surface area contributed by atoms with E-state index in [9.17, 15) is 4.79 Å². The number of nitrogens with one attached hydrogen (secondary N) is 1. The van der Waals surface area contributed by atoms with Gasteiger partial charge in [-0.2, -0.15) is 0 Å². The number of methoxy groups -OCH3 is 1. The topological polar surface area (TPSA) is 38.3 Å². The summed E-state index contributed by atoms with van der Waals surface area (Å²) in [6, 6.07) is 0. The molecule has 3 nitrogen and oxygen atoms in total. The van der Waals surface area contributed by atoms with E-state index in [4.69, 9.17) is 4.74 Å². The van der Waals surface area contributed by atoms with Gasteiger partial charge >= 0.3 is 0 Å². The van der Waals surface area contributed by atoms with Gasteiger partial charge in [-0.05, 0) is 6.42 Å². The van der Waals surface area contributed by atoms with Crippen molar-refractivity contribution in [2.75, 3.05) is 20.3 Å². The average Bonchev–Trinajstić information content (AvgIpc) is 2.13. The van der Waals surface area contributed by atoms with E-state index in [1.54, 1.807) is 7.11 Å². The average molecular weight is 173 g/mol. The molecule has 1 unspecified atom stereocenters. The first-order valence-electron chi connectivity index (χ1n) is 4.58. The summed E-state index contributed by atoms with van der Waals surface area (Å²) in [7, 11) is 1.69. The molecule has 1 fully saturated rings. The number of rotatable bonds is 2. The van der Waals surface area contributed by atoms with Gasteiger partial charge in [-0.25, -0.2) is 0 Å². The number of piperidine rings is 1. The number of amides is 1. The van der Waals surface area contributed by atoms with Gasteiger partial charge in [0.25, 0.3) is 0 Å². The zero-order valence-electron chi connectivity index (χ0n) is 8.22. The molecule has 0 bridgehead atoms. The molecule has 1 saturated heterocycles. The van der Waals surface area contributed by atoms with Gasteiger partial charge in [-0.1, -0.05) is 13.8 Å². The number of ether oxygens (including phenoxy) is 1. The molecule has 12 heavy (non-hydrogen) atoms. The van der Waals surface area contributed by atoms with Crippen LogP contribution in [0.15, 0.2) is 0 Å². The highest BCUT2D eigenvalue weighted by atomic mass is 16.5. The van der Waals surface area contributed by atoms with Crippen molar-refractivity contribution in [3.63, 3.8) is 0 Å². The molecule has 0 aliphatic carbocycles. The summed E-state index contributed by atoms with van der Waals surface area (Å²) in [5, 5.41) is 2.80. The summed E-state index contributed by atoms with van der Waals surface area (Å²) in [5.41, 5.74) is 0. The lowest BCUT2D eigenvalue weighted by molar-refractivity contribution is -0.123. The second kappa shape index (κ2) is 7.10. The Labute approximate surface area is 74.5 Å². The quantitative estimate of drug-likeness (QED) is 0.681. The highest BCUT2D eigenvalue weighted by Crippen LogP contribution is 2.09. The van der Waals surface area contributed by atoms with E-state index in [1.165, 1.54) is 0 Å². The molecule has 0 saturated carbocycles. The van der Waals surface area contributed by atoms with E-state index in [0.717, 1.165) is 19.6 Å². The van der Waals surface area contributed by atoms with Crippen molar-refractivity contribution in [2.45, 2.75) is 26.7 Å².